The Morgan fingerprint density at radius 3 is 2.72 bits per heavy atom. The molecular weight excluding hydrogens is 467 g/mol. The molecule has 0 bridgehead atoms. The minimum atomic E-state index is -0.354. The van der Waals surface area contributed by atoms with Gasteiger partial charge in [0.1, 0.15) is 10.5 Å². The molecule has 0 aliphatic rings. The van der Waals surface area contributed by atoms with E-state index in [4.69, 9.17) is 11.6 Å². The van der Waals surface area contributed by atoms with Gasteiger partial charge in [-0.05, 0) is 35.1 Å². The number of rotatable bonds is 6. The van der Waals surface area contributed by atoms with Crippen LogP contribution in [0.25, 0.3) is 16.0 Å². The zero-order chi connectivity index (χ0) is 22.2. The van der Waals surface area contributed by atoms with Crippen molar-refractivity contribution in [3.8, 4) is 0 Å². The Morgan fingerprint density at radius 1 is 1.12 bits per heavy atom. The fourth-order valence-electron chi connectivity index (χ4n) is 3.73. The summed E-state index contributed by atoms with van der Waals surface area (Å²) in [6.45, 7) is 2.56. The number of fused-ring (bicyclic) bond motifs is 3. The lowest BCUT2D eigenvalue weighted by Gasteiger charge is -2.15. The molecular formula is C23H18ClFN4OS2. The lowest BCUT2D eigenvalue weighted by atomic mass is 10.0. The van der Waals surface area contributed by atoms with Crippen LogP contribution in [0.2, 0.25) is 5.02 Å². The fraction of sp³-hybridized carbons (Fsp3) is 0.174. The van der Waals surface area contributed by atoms with E-state index in [1.54, 1.807) is 16.7 Å². The third-order valence-corrected chi connectivity index (χ3v) is 7.62. The Labute approximate surface area is 196 Å². The molecule has 2 aromatic carbocycles. The molecule has 0 saturated heterocycles. The van der Waals surface area contributed by atoms with E-state index in [1.807, 2.05) is 34.0 Å². The molecule has 1 atom stereocenters. The van der Waals surface area contributed by atoms with Crippen LogP contribution < -0.4 is 5.56 Å². The molecule has 3 heterocycles. The van der Waals surface area contributed by atoms with E-state index in [2.05, 4.69) is 29.3 Å². The molecule has 0 unspecified atom stereocenters. The highest BCUT2D eigenvalue weighted by Crippen LogP contribution is 2.30. The van der Waals surface area contributed by atoms with Crippen molar-refractivity contribution in [1.82, 2.24) is 19.2 Å². The molecule has 5 rings (SSSR count). The molecule has 0 saturated carbocycles. The van der Waals surface area contributed by atoms with Gasteiger partial charge in [-0.1, -0.05) is 66.7 Å². The second kappa shape index (κ2) is 8.69. The Morgan fingerprint density at radius 2 is 1.94 bits per heavy atom. The third-order valence-electron chi connectivity index (χ3n) is 5.41. The van der Waals surface area contributed by atoms with Gasteiger partial charge in [-0.2, -0.15) is 0 Å². The maximum Gasteiger partial charge on any atom is 0.272 e. The Balaban J connectivity index is 1.58. The highest BCUT2D eigenvalue weighted by Gasteiger charge is 2.20. The zero-order valence-corrected chi connectivity index (χ0v) is 19.4. The number of hydrogen-bond donors (Lipinski definition) is 0. The predicted molar refractivity (Wildman–Crippen MR) is 128 cm³/mol. The van der Waals surface area contributed by atoms with E-state index in [9.17, 15) is 9.18 Å². The molecule has 0 N–H and O–H groups in total. The van der Waals surface area contributed by atoms with Gasteiger partial charge in [0.05, 0.1) is 5.52 Å². The van der Waals surface area contributed by atoms with Crippen molar-refractivity contribution in [2.75, 3.05) is 0 Å². The van der Waals surface area contributed by atoms with E-state index >= 15 is 0 Å². The van der Waals surface area contributed by atoms with Crippen LogP contribution in [0.4, 0.5) is 4.39 Å². The molecule has 9 heteroatoms. The normalized spacial score (nSPS) is 12.6. The largest absolute Gasteiger partial charge is 0.275 e. The summed E-state index contributed by atoms with van der Waals surface area (Å²) >= 11 is 8.92. The van der Waals surface area contributed by atoms with Crippen molar-refractivity contribution < 1.29 is 4.39 Å². The number of thioether (sulfide) groups is 1. The molecule has 0 radical (unpaired) electrons. The molecule has 5 nitrogen and oxygen atoms in total. The zero-order valence-electron chi connectivity index (χ0n) is 17.0. The quantitative estimate of drug-likeness (QED) is 0.277. The van der Waals surface area contributed by atoms with Crippen LogP contribution in [0.5, 0.6) is 0 Å². The third kappa shape index (κ3) is 3.72. The highest BCUT2D eigenvalue weighted by atomic mass is 35.5. The summed E-state index contributed by atoms with van der Waals surface area (Å²) in [6, 6.07) is 16.6. The predicted octanol–water partition coefficient (Wildman–Crippen LogP) is 5.99. The first kappa shape index (κ1) is 21.2. The number of hydrogen-bond acceptors (Lipinski definition) is 5. The van der Waals surface area contributed by atoms with Gasteiger partial charge < -0.3 is 0 Å². The molecule has 3 aromatic heterocycles. The first-order valence-electron chi connectivity index (χ1n) is 10.0. The first-order valence-corrected chi connectivity index (χ1v) is 12.2. The first-order chi connectivity index (χ1) is 15.5. The summed E-state index contributed by atoms with van der Waals surface area (Å²) < 4.78 is 18.4. The van der Waals surface area contributed by atoms with Gasteiger partial charge in [0.25, 0.3) is 5.56 Å². The summed E-state index contributed by atoms with van der Waals surface area (Å²) in [6.07, 6.45) is 0. The molecule has 0 aliphatic heterocycles. The Kier molecular flexibility index (Phi) is 5.75. The number of halogens is 2. The minimum Gasteiger partial charge on any atom is -0.275 e. The van der Waals surface area contributed by atoms with Crippen molar-refractivity contribution in [2.24, 2.45) is 0 Å². The van der Waals surface area contributed by atoms with Gasteiger partial charge in [-0.25, -0.2) is 4.39 Å². The Bertz CT molecular complexity index is 1460. The number of thiophene rings is 1. The van der Waals surface area contributed by atoms with Gasteiger partial charge in [0.2, 0.25) is 5.78 Å². The van der Waals surface area contributed by atoms with Gasteiger partial charge in [-0.15, -0.1) is 21.5 Å². The molecule has 32 heavy (non-hydrogen) atoms. The SMILES string of the molecule is C[C@H](Cn1c(=O)c2sccc2n2c(SCc3c(F)cccc3Cl)nnc12)c1ccccc1. The summed E-state index contributed by atoms with van der Waals surface area (Å²) in [5, 5.41) is 11.5. The molecule has 5 aromatic rings. The molecule has 0 spiro atoms. The van der Waals surface area contributed by atoms with E-state index in [0.29, 0.717) is 38.5 Å². The average molecular weight is 485 g/mol. The number of benzene rings is 2. The van der Waals surface area contributed by atoms with Crippen molar-refractivity contribution >= 4 is 50.7 Å². The number of nitrogens with zero attached hydrogens (tertiary/aromatic N) is 4. The van der Waals surface area contributed by atoms with Gasteiger partial charge >= 0.3 is 0 Å². The fourth-order valence-corrected chi connectivity index (χ4v) is 5.83. The molecule has 162 valence electrons. The van der Waals surface area contributed by atoms with Crippen molar-refractivity contribution in [3.63, 3.8) is 0 Å². The van der Waals surface area contributed by atoms with E-state index in [0.717, 1.165) is 11.1 Å². The van der Waals surface area contributed by atoms with E-state index in [1.165, 1.54) is 29.2 Å². The van der Waals surface area contributed by atoms with Crippen LogP contribution in [0.15, 0.2) is 69.9 Å². The van der Waals surface area contributed by atoms with Gasteiger partial charge in [-0.3, -0.25) is 13.8 Å². The van der Waals surface area contributed by atoms with Gasteiger partial charge in [0.15, 0.2) is 5.16 Å². The van der Waals surface area contributed by atoms with Gasteiger partial charge in [0, 0.05) is 22.9 Å². The average Bonchev–Trinajstić information content (AvgIpc) is 3.44. The maximum atomic E-state index is 14.2. The van der Waals surface area contributed by atoms with Crippen molar-refractivity contribution in [1.29, 1.82) is 0 Å². The molecule has 0 aliphatic carbocycles. The lowest BCUT2D eigenvalue weighted by Crippen LogP contribution is -2.24. The van der Waals surface area contributed by atoms with Crippen molar-refractivity contribution in [3.05, 3.63) is 92.3 Å². The highest BCUT2D eigenvalue weighted by molar-refractivity contribution is 7.98. The Hall–Kier alpha value is -2.68. The maximum absolute atomic E-state index is 14.2. The van der Waals surface area contributed by atoms with Crippen LogP contribution in [0.3, 0.4) is 0 Å². The van der Waals surface area contributed by atoms with Crippen LogP contribution in [-0.2, 0) is 12.3 Å². The monoisotopic (exact) mass is 484 g/mol. The second-order valence-corrected chi connectivity index (χ2v) is 9.74. The summed E-state index contributed by atoms with van der Waals surface area (Å²) in [4.78, 5) is 13.3. The summed E-state index contributed by atoms with van der Waals surface area (Å²) in [5.41, 5.74) is 2.24. The van der Waals surface area contributed by atoms with E-state index in [-0.39, 0.29) is 17.3 Å². The van der Waals surface area contributed by atoms with E-state index < -0.39 is 0 Å². The van der Waals surface area contributed by atoms with Crippen LogP contribution in [0, 0.1) is 5.82 Å². The number of aromatic nitrogens is 4. The molecule has 0 amide bonds. The minimum absolute atomic E-state index is 0.0774. The van der Waals surface area contributed by atoms with Crippen LogP contribution in [-0.4, -0.2) is 19.2 Å². The van der Waals surface area contributed by atoms with Crippen LogP contribution in [0.1, 0.15) is 24.0 Å². The second-order valence-electron chi connectivity index (χ2n) is 7.47. The van der Waals surface area contributed by atoms with Crippen LogP contribution >= 0.6 is 34.7 Å². The molecule has 0 fully saturated rings. The smallest absolute Gasteiger partial charge is 0.272 e. The van der Waals surface area contributed by atoms with Crippen molar-refractivity contribution in [2.45, 2.75) is 30.3 Å². The lowest BCUT2D eigenvalue weighted by molar-refractivity contribution is 0.588. The topological polar surface area (TPSA) is 52.2 Å². The summed E-state index contributed by atoms with van der Waals surface area (Å²) in [5.74, 6) is 0.538. The summed E-state index contributed by atoms with van der Waals surface area (Å²) in [7, 11) is 0. The standard InChI is InChI=1S/C23H18ClFN4OS2/c1-14(15-6-3-2-4-7-15)12-28-21(30)20-19(10-11-31-20)29-22(28)26-27-23(29)32-13-16-17(24)8-5-9-18(16)25/h2-11,14H,12-13H2,1H3/t14-/m1/s1.